The molecular formula is C14H25NO2. The van der Waals surface area contributed by atoms with Gasteiger partial charge < -0.3 is 9.64 Å². The fourth-order valence-electron chi connectivity index (χ4n) is 3.26. The van der Waals surface area contributed by atoms with Crippen LogP contribution in [0.25, 0.3) is 0 Å². The van der Waals surface area contributed by atoms with Crippen molar-refractivity contribution >= 4 is 5.78 Å². The minimum absolute atomic E-state index is 0.373. The molecule has 0 bridgehead atoms. The number of methoxy groups -OCH3 is 1. The average molecular weight is 239 g/mol. The van der Waals surface area contributed by atoms with Gasteiger partial charge in [0, 0.05) is 26.0 Å². The first-order chi connectivity index (χ1) is 8.29. The molecule has 98 valence electrons. The zero-order valence-electron chi connectivity index (χ0n) is 11.0. The molecule has 2 rings (SSSR count). The summed E-state index contributed by atoms with van der Waals surface area (Å²) in [7, 11) is 1.79. The summed E-state index contributed by atoms with van der Waals surface area (Å²) in [6.07, 6.45) is 6.75. The van der Waals surface area contributed by atoms with Crippen LogP contribution in [0.3, 0.4) is 0 Å². The summed E-state index contributed by atoms with van der Waals surface area (Å²) < 4.78 is 5.24. The van der Waals surface area contributed by atoms with Crippen LogP contribution < -0.4 is 0 Å². The molecule has 0 amide bonds. The number of piperidine rings is 1. The largest absolute Gasteiger partial charge is 0.384 e. The number of ketones is 1. The van der Waals surface area contributed by atoms with E-state index in [1.54, 1.807) is 7.11 Å². The van der Waals surface area contributed by atoms with Gasteiger partial charge >= 0.3 is 0 Å². The van der Waals surface area contributed by atoms with E-state index in [1.807, 2.05) is 0 Å². The van der Waals surface area contributed by atoms with Crippen molar-refractivity contribution in [1.29, 1.82) is 0 Å². The summed E-state index contributed by atoms with van der Waals surface area (Å²) in [5.41, 5.74) is 0. The van der Waals surface area contributed by atoms with E-state index in [2.05, 4.69) is 4.90 Å². The summed E-state index contributed by atoms with van der Waals surface area (Å²) in [5, 5.41) is 0. The highest BCUT2D eigenvalue weighted by Gasteiger charge is 2.26. The van der Waals surface area contributed by atoms with Gasteiger partial charge in [0.05, 0.1) is 6.61 Å². The molecular weight excluding hydrogens is 214 g/mol. The van der Waals surface area contributed by atoms with Gasteiger partial charge in [-0.1, -0.05) is 0 Å². The van der Waals surface area contributed by atoms with Gasteiger partial charge in [-0.15, -0.1) is 0 Å². The molecule has 0 aromatic heterocycles. The van der Waals surface area contributed by atoms with Crippen LogP contribution in [0, 0.1) is 11.8 Å². The van der Waals surface area contributed by atoms with Crippen LogP contribution >= 0.6 is 0 Å². The SMILES string of the molecule is COCC1CCCN(CCC2CCCC2=O)C1. The highest BCUT2D eigenvalue weighted by atomic mass is 16.5. The van der Waals surface area contributed by atoms with E-state index in [-0.39, 0.29) is 0 Å². The minimum Gasteiger partial charge on any atom is -0.384 e. The zero-order valence-corrected chi connectivity index (χ0v) is 11.0. The maximum atomic E-state index is 11.6. The minimum atomic E-state index is 0.373. The van der Waals surface area contributed by atoms with Gasteiger partial charge in [-0.05, 0) is 51.1 Å². The number of hydrogen-bond donors (Lipinski definition) is 0. The molecule has 0 aromatic rings. The van der Waals surface area contributed by atoms with Gasteiger partial charge in [0.25, 0.3) is 0 Å². The van der Waals surface area contributed by atoms with Crippen molar-refractivity contribution in [2.24, 2.45) is 11.8 Å². The first-order valence-electron chi connectivity index (χ1n) is 7.03. The first-order valence-corrected chi connectivity index (χ1v) is 7.03. The third-order valence-electron chi connectivity index (χ3n) is 4.23. The third kappa shape index (κ3) is 3.78. The smallest absolute Gasteiger partial charge is 0.136 e. The Kier molecular flexibility index (Phi) is 4.99. The van der Waals surface area contributed by atoms with Crippen molar-refractivity contribution < 1.29 is 9.53 Å². The van der Waals surface area contributed by atoms with E-state index in [0.717, 1.165) is 45.4 Å². The van der Waals surface area contributed by atoms with Crippen molar-refractivity contribution in [3.05, 3.63) is 0 Å². The van der Waals surface area contributed by atoms with Crippen LogP contribution in [0.4, 0.5) is 0 Å². The molecule has 2 unspecified atom stereocenters. The molecule has 0 N–H and O–H groups in total. The highest BCUT2D eigenvalue weighted by Crippen LogP contribution is 2.25. The topological polar surface area (TPSA) is 29.5 Å². The molecule has 1 aliphatic heterocycles. The Morgan fingerprint density at radius 3 is 2.94 bits per heavy atom. The number of likely N-dealkylation sites (tertiary alicyclic amines) is 1. The molecule has 3 heteroatoms. The average Bonchev–Trinajstić information content (AvgIpc) is 2.73. The van der Waals surface area contributed by atoms with Crippen LogP contribution in [-0.4, -0.2) is 44.0 Å². The number of rotatable bonds is 5. The molecule has 0 radical (unpaired) electrons. The molecule has 1 heterocycles. The van der Waals surface area contributed by atoms with E-state index >= 15 is 0 Å². The van der Waals surface area contributed by atoms with Gasteiger partial charge in [0.15, 0.2) is 0 Å². The Morgan fingerprint density at radius 2 is 2.24 bits per heavy atom. The Hall–Kier alpha value is -0.410. The number of Topliss-reactive ketones (excluding diaryl/α,β-unsaturated/α-hetero) is 1. The number of carbonyl (C=O) groups is 1. The second-order valence-electron chi connectivity index (χ2n) is 5.61. The molecule has 1 saturated carbocycles. The van der Waals surface area contributed by atoms with Gasteiger partial charge in [-0.2, -0.15) is 0 Å². The highest BCUT2D eigenvalue weighted by molar-refractivity contribution is 5.82. The number of nitrogens with zero attached hydrogens (tertiary/aromatic N) is 1. The molecule has 2 atom stereocenters. The first kappa shape index (κ1) is 13.0. The Morgan fingerprint density at radius 1 is 1.35 bits per heavy atom. The van der Waals surface area contributed by atoms with E-state index in [4.69, 9.17) is 4.74 Å². The predicted molar refractivity (Wildman–Crippen MR) is 68.0 cm³/mol. The Bertz CT molecular complexity index is 253. The lowest BCUT2D eigenvalue weighted by molar-refractivity contribution is -0.120. The Labute approximate surface area is 105 Å². The molecule has 0 aromatic carbocycles. The molecule has 17 heavy (non-hydrogen) atoms. The van der Waals surface area contributed by atoms with E-state index in [1.165, 1.54) is 19.4 Å². The monoisotopic (exact) mass is 239 g/mol. The van der Waals surface area contributed by atoms with Gasteiger partial charge in [-0.25, -0.2) is 0 Å². The molecule has 3 nitrogen and oxygen atoms in total. The third-order valence-corrected chi connectivity index (χ3v) is 4.23. The van der Waals surface area contributed by atoms with Crippen LogP contribution in [-0.2, 0) is 9.53 Å². The second-order valence-corrected chi connectivity index (χ2v) is 5.61. The van der Waals surface area contributed by atoms with Crippen molar-refractivity contribution in [1.82, 2.24) is 4.90 Å². The van der Waals surface area contributed by atoms with Gasteiger partial charge in [-0.3, -0.25) is 4.79 Å². The van der Waals surface area contributed by atoms with E-state index in [0.29, 0.717) is 17.6 Å². The zero-order chi connectivity index (χ0) is 12.1. The normalized spacial score (nSPS) is 31.0. The lowest BCUT2D eigenvalue weighted by Crippen LogP contribution is -2.38. The van der Waals surface area contributed by atoms with Crippen molar-refractivity contribution in [2.75, 3.05) is 33.4 Å². The van der Waals surface area contributed by atoms with E-state index in [9.17, 15) is 4.79 Å². The summed E-state index contributed by atoms with van der Waals surface area (Å²) in [4.78, 5) is 14.1. The quantitative estimate of drug-likeness (QED) is 0.736. The fraction of sp³-hybridized carbons (Fsp3) is 0.929. The maximum absolute atomic E-state index is 11.6. The summed E-state index contributed by atoms with van der Waals surface area (Å²) in [5.74, 6) is 1.58. The molecule has 2 fully saturated rings. The summed E-state index contributed by atoms with van der Waals surface area (Å²) in [6.45, 7) is 4.37. The van der Waals surface area contributed by atoms with Crippen LogP contribution in [0.1, 0.15) is 38.5 Å². The molecule has 0 spiro atoms. The fourth-order valence-corrected chi connectivity index (χ4v) is 3.26. The van der Waals surface area contributed by atoms with Crippen LogP contribution in [0.15, 0.2) is 0 Å². The van der Waals surface area contributed by atoms with Gasteiger partial charge in [0.1, 0.15) is 5.78 Å². The van der Waals surface area contributed by atoms with E-state index < -0.39 is 0 Å². The lowest BCUT2D eigenvalue weighted by Gasteiger charge is -2.32. The predicted octanol–water partition coefficient (Wildman–Crippen LogP) is 2.10. The molecule has 2 aliphatic rings. The van der Waals surface area contributed by atoms with Crippen molar-refractivity contribution in [3.63, 3.8) is 0 Å². The summed E-state index contributed by atoms with van der Waals surface area (Å²) in [6, 6.07) is 0. The second kappa shape index (κ2) is 6.50. The van der Waals surface area contributed by atoms with Crippen LogP contribution in [0.5, 0.6) is 0 Å². The molecule has 1 aliphatic carbocycles. The number of ether oxygens (including phenoxy) is 1. The number of carbonyl (C=O) groups excluding carboxylic acids is 1. The van der Waals surface area contributed by atoms with Crippen molar-refractivity contribution in [2.45, 2.75) is 38.5 Å². The number of hydrogen-bond acceptors (Lipinski definition) is 3. The Balaban J connectivity index is 1.69. The lowest BCUT2D eigenvalue weighted by atomic mass is 9.97. The summed E-state index contributed by atoms with van der Waals surface area (Å²) >= 11 is 0. The molecule has 1 saturated heterocycles. The maximum Gasteiger partial charge on any atom is 0.136 e. The van der Waals surface area contributed by atoms with Gasteiger partial charge in [0.2, 0.25) is 0 Å². The van der Waals surface area contributed by atoms with Crippen LogP contribution in [0.2, 0.25) is 0 Å². The van der Waals surface area contributed by atoms with Crippen molar-refractivity contribution in [3.8, 4) is 0 Å². The standard InChI is InChI=1S/C14H25NO2/c1-17-11-12-4-3-8-15(10-12)9-7-13-5-2-6-14(13)16/h12-13H,2-11H2,1H3.